The maximum absolute atomic E-state index is 12.3. The normalized spacial score (nSPS) is 13.8. The summed E-state index contributed by atoms with van der Waals surface area (Å²) in [5.41, 5.74) is 0.668. The third-order valence-corrected chi connectivity index (χ3v) is 1.73. The minimum Gasteiger partial charge on any atom is -0.389 e. The van der Waals surface area contributed by atoms with Crippen LogP contribution in [0.3, 0.4) is 0 Å². The minimum absolute atomic E-state index is 0.00209. The third kappa shape index (κ3) is 3.26. The van der Waals surface area contributed by atoms with Crippen molar-refractivity contribution in [3.05, 3.63) is 41.5 Å². The molecular weight excluding hydrogens is 186 g/mol. The largest absolute Gasteiger partial charge is 0.389 e. The van der Waals surface area contributed by atoms with Gasteiger partial charge in [-0.3, -0.25) is 0 Å². The molecule has 0 fully saturated rings. The van der Waals surface area contributed by atoms with Crippen molar-refractivity contribution in [2.75, 3.05) is 0 Å². The Bertz CT molecular complexity index is 319. The van der Waals surface area contributed by atoms with E-state index in [4.69, 9.17) is 5.11 Å². The van der Waals surface area contributed by atoms with Gasteiger partial charge in [0, 0.05) is 5.56 Å². The molecule has 1 rings (SSSR count). The lowest BCUT2D eigenvalue weighted by molar-refractivity contribution is 0.151. The summed E-state index contributed by atoms with van der Waals surface area (Å²) in [6.07, 6.45) is 0.154. The average Bonchev–Trinajstić information content (AvgIpc) is 2.15. The molecule has 76 valence electrons. The van der Waals surface area contributed by atoms with Gasteiger partial charge >= 0.3 is 0 Å². The zero-order chi connectivity index (χ0) is 10.6. The van der Waals surface area contributed by atoms with Gasteiger partial charge in [0.05, 0.1) is 6.10 Å². The molecule has 0 aliphatic carbocycles. The Morgan fingerprint density at radius 3 is 2.64 bits per heavy atom. The molecule has 1 aromatic carbocycles. The van der Waals surface area contributed by atoms with Gasteiger partial charge in [-0.25, -0.2) is 8.78 Å². The van der Waals surface area contributed by atoms with Gasteiger partial charge in [-0.15, -0.1) is 0 Å². The van der Waals surface area contributed by atoms with Crippen molar-refractivity contribution in [3.8, 4) is 0 Å². The maximum atomic E-state index is 12.3. The van der Waals surface area contributed by atoms with Gasteiger partial charge in [0.2, 0.25) is 0 Å². The Morgan fingerprint density at radius 2 is 2.07 bits per heavy atom. The van der Waals surface area contributed by atoms with Crippen LogP contribution in [0.5, 0.6) is 0 Å². The second kappa shape index (κ2) is 4.86. The molecule has 0 saturated carbocycles. The Kier molecular flexibility index (Phi) is 3.77. The van der Waals surface area contributed by atoms with Crippen molar-refractivity contribution in [1.82, 2.24) is 0 Å². The predicted molar refractivity (Wildman–Crippen MR) is 52.1 cm³/mol. The lowest BCUT2D eigenvalue weighted by Crippen LogP contribution is -1.91. The van der Waals surface area contributed by atoms with Crippen molar-refractivity contribution in [2.45, 2.75) is 19.5 Å². The van der Waals surface area contributed by atoms with Crippen LogP contribution >= 0.6 is 0 Å². The van der Waals surface area contributed by atoms with E-state index in [0.717, 1.165) is 0 Å². The summed E-state index contributed by atoms with van der Waals surface area (Å²) in [5.74, 6) is 0. The molecule has 1 nitrogen and oxygen atoms in total. The molecule has 0 aliphatic rings. The van der Waals surface area contributed by atoms with Crippen LogP contribution < -0.4 is 0 Å². The van der Waals surface area contributed by atoms with E-state index in [-0.39, 0.29) is 5.56 Å². The Labute approximate surface area is 81.7 Å². The van der Waals surface area contributed by atoms with Crippen molar-refractivity contribution in [2.24, 2.45) is 0 Å². The van der Waals surface area contributed by atoms with Crippen LogP contribution in [0.1, 0.15) is 24.5 Å². The van der Waals surface area contributed by atoms with E-state index in [9.17, 15) is 8.78 Å². The highest BCUT2D eigenvalue weighted by Gasteiger charge is 2.05. The highest BCUT2D eigenvalue weighted by atomic mass is 19.3. The second-order valence-corrected chi connectivity index (χ2v) is 3.07. The number of benzene rings is 1. The molecule has 14 heavy (non-hydrogen) atoms. The number of alkyl halides is 2. The van der Waals surface area contributed by atoms with Gasteiger partial charge in [0.25, 0.3) is 6.43 Å². The summed E-state index contributed by atoms with van der Waals surface area (Å²) < 4.78 is 24.5. The van der Waals surface area contributed by atoms with E-state index in [1.54, 1.807) is 31.2 Å². The Hall–Kier alpha value is -1.22. The first-order valence-electron chi connectivity index (χ1n) is 4.34. The molecule has 3 heteroatoms. The van der Waals surface area contributed by atoms with Gasteiger partial charge in [-0.2, -0.15) is 0 Å². The fourth-order valence-corrected chi connectivity index (χ4v) is 1.05. The minimum atomic E-state index is -2.45. The third-order valence-electron chi connectivity index (χ3n) is 1.73. The van der Waals surface area contributed by atoms with Crippen LogP contribution in [0.15, 0.2) is 30.3 Å². The average molecular weight is 198 g/mol. The topological polar surface area (TPSA) is 20.2 Å². The lowest BCUT2D eigenvalue weighted by Gasteiger charge is -2.00. The van der Waals surface area contributed by atoms with Crippen LogP contribution in [0.2, 0.25) is 0 Å². The van der Waals surface area contributed by atoms with E-state index in [1.165, 1.54) is 12.1 Å². The van der Waals surface area contributed by atoms with Gasteiger partial charge in [-0.05, 0) is 18.6 Å². The molecule has 0 radical (unpaired) electrons. The first-order valence-corrected chi connectivity index (χ1v) is 4.34. The summed E-state index contributed by atoms with van der Waals surface area (Å²) in [4.78, 5) is 0. The highest BCUT2D eigenvalue weighted by molar-refractivity contribution is 5.50. The van der Waals surface area contributed by atoms with Crippen molar-refractivity contribution >= 4 is 6.08 Å². The molecule has 1 atom stereocenters. The van der Waals surface area contributed by atoms with Gasteiger partial charge in [0.15, 0.2) is 0 Å². The van der Waals surface area contributed by atoms with Crippen LogP contribution in [-0.4, -0.2) is 11.2 Å². The zero-order valence-electron chi connectivity index (χ0n) is 7.82. The predicted octanol–water partition coefficient (Wildman–Crippen LogP) is 3.02. The molecule has 1 unspecified atom stereocenters. The number of hydrogen-bond acceptors (Lipinski definition) is 1. The second-order valence-electron chi connectivity index (χ2n) is 3.07. The first kappa shape index (κ1) is 10.9. The van der Waals surface area contributed by atoms with Gasteiger partial charge in [-0.1, -0.05) is 30.4 Å². The maximum Gasteiger partial charge on any atom is 0.263 e. The van der Waals surface area contributed by atoms with Crippen LogP contribution in [0.4, 0.5) is 8.78 Å². The molecule has 0 saturated heterocycles. The fourth-order valence-electron chi connectivity index (χ4n) is 1.05. The molecule has 0 bridgehead atoms. The van der Waals surface area contributed by atoms with E-state index < -0.39 is 12.5 Å². The van der Waals surface area contributed by atoms with Crippen LogP contribution in [0.25, 0.3) is 6.08 Å². The smallest absolute Gasteiger partial charge is 0.263 e. The van der Waals surface area contributed by atoms with E-state index in [1.807, 2.05) is 0 Å². The molecule has 0 aromatic heterocycles. The van der Waals surface area contributed by atoms with E-state index in [0.29, 0.717) is 5.56 Å². The molecule has 0 heterocycles. The SMILES string of the molecule is CC(O)/C=C/c1cccc(C(F)F)c1. The summed E-state index contributed by atoms with van der Waals surface area (Å²) in [6, 6.07) is 6.07. The Morgan fingerprint density at radius 1 is 1.36 bits per heavy atom. The first-order chi connectivity index (χ1) is 6.59. The van der Waals surface area contributed by atoms with Crippen molar-refractivity contribution in [3.63, 3.8) is 0 Å². The van der Waals surface area contributed by atoms with Gasteiger partial charge < -0.3 is 5.11 Å². The number of hydrogen-bond donors (Lipinski definition) is 1. The zero-order valence-corrected chi connectivity index (χ0v) is 7.82. The Balaban J connectivity index is 2.83. The van der Waals surface area contributed by atoms with Crippen LogP contribution in [-0.2, 0) is 0 Å². The quantitative estimate of drug-likeness (QED) is 0.791. The lowest BCUT2D eigenvalue weighted by atomic mass is 10.1. The van der Waals surface area contributed by atoms with E-state index >= 15 is 0 Å². The summed E-state index contributed by atoms with van der Waals surface area (Å²) in [7, 11) is 0. The molecule has 0 amide bonds. The summed E-state index contributed by atoms with van der Waals surface area (Å²) in [6.45, 7) is 1.60. The molecule has 1 aromatic rings. The van der Waals surface area contributed by atoms with Crippen molar-refractivity contribution in [1.29, 1.82) is 0 Å². The summed E-state index contributed by atoms with van der Waals surface area (Å²) >= 11 is 0. The van der Waals surface area contributed by atoms with E-state index in [2.05, 4.69) is 0 Å². The number of rotatable bonds is 3. The number of aliphatic hydroxyl groups is 1. The molecule has 0 spiro atoms. The number of halogens is 2. The standard InChI is InChI=1S/C11H12F2O/c1-8(14)5-6-9-3-2-4-10(7-9)11(12)13/h2-8,11,14H,1H3/b6-5+. The fraction of sp³-hybridized carbons (Fsp3) is 0.273. The molecule has 0 aliphatic heterocycles. The summed E-state index contributed by atoms with van der Waals surface area (Å²) in [5, 5.41) is 8.96. The number of aliphatic hydroxyl groups excluding tert-OH is 1. The van der Waals surface area contributed by atoms with Crippen molar-refractivity contribution < 1.29 is 13.9 Å². The van der Waals surface area contributed by atoms with Gasteiger partial charge in [0.1, 0.15) is 0 Å². The highest BCUT2D eigenvalue weighted by Crippen LogP contribution is 2.19. The molecule has 1 N–H and O–H groups in total. The monoisotopic (exact) mass is 198 g/mol. The molecular formula is C11H12F2O. The van der Waals surface area contributed by atoms with Crippen LogP contribution in [0, 0.1) is 0 Å².